The standard InChI is InChI=1S/C10H6BrNO2S/c11-6-1-2-7(8(5-6)10(13)14)9-3-4-15-12-9/h1-5H,(H,13,14). The Kier molecular flexibility index (Phi) is 2.83. The smallest absolute Gasteiger partial charge is 0.336 e. The summed E-state index contributed by atoms with van der Waals surface area (Å²) >= 11 is 4.55. The molecule has 0 amide bonds. The van der Waals surface area contributed by atoms with Gasteiger partial charge in [-0.15, -0.1) is 0 Å². The zero-order chi connectivity index (χ0) is 10.8. The van der Waals surface area contributed by atoms with Gasteiger partial charge in [0.15, 0.2) is 0 Å². The molecule has 1 aromatic heterocycles. The first-order chi connectivity index (χ1) is 7.18. The highest BCUT2D eigenvalue weighted by molar-refractivity contribution is 9.10. The summed E-state index contributed by atoms with van der Waals surface area (Å²) in [6.07, 6.45) is 0. The lowest BCUT2D eigenvalue weighted by Crippen LogP contribution is -1.99. The molecule has 0 spiro atoms. The number of hydrogen-bond acceptors (Lipinski definition) is 3. The Morgan fingerprint density at radius 2 is 2.20 bits per heavy atom. The van der Waals surface area contributed by atoms with Gasteiger partial charge in [0.1, 0.15) is 0 Å². The van der Waals surface area contributed by atoms with Crippen molar-refractivity contribution in [2.75, 3.05) is 0 Å². The molecule has 0 saturated carbocycles. The van der Waals surface area contributed by atoms with Crippen molar-refractivity contribution in [2.24, 2.45) is 0 Å². The second-order valence-corrected chi connectivity index (χ2v) is 4.46. The second kappa shape index (κ2) is 4.12. The van der Waals surface area contributed by atoms with E-state index in [1.165, 1.54) is 11.5 Å². The van der Waals surface area contributed by atoms with Crippen LogP contribution in [0.15, 0.2) is 34.1 Å². The maximum atomic E-state index is 11.0. The molecule has 0 fully saturated rings. The van der Waals surface area contributed by atoms with Gasteiger partial charge in [0.25, 0.3) is 0 Å². The Morgan fingerprint density at radius 3 is 2.80 bits per heavy atom. The molecule has 2 rings (SSSR count). The third-order valence-corrected chi connectivity index (χ3v) is 2.98. The van der Waals surface area contributed by atoms with Crippen LogP contribution in [-0.2, 0) is 0 Å². The molecule has 0 aliphatic rings. The van der Waals surface area contributed by atoms with Crippen LogP contribution in [0.4, 0.5) is 0 Å². The maximum absolute atomic E-state index is 11.0. The van der Waals surface area contributed by atoms with Crippen molar-refractivity contribution in [1.82, 2.24) is 4.37 Å². The summed E-state index contributed by atoms with van der Waals surface area (Å²) in [5.74, 6) is -0.945. The summed E-state index contributed by atoms with van der Waals surface area (Å²) in [6.45, 7) is 0. The zero-order valence-corrected chi connectivity index (χ0v) is 9.88. The van der Waals surface area contributed by atoms with E-state index in [1.54, 1.807) is 24.3 Å². The SMILES string of the molecule is O=C(O)c1cc(Br)ccc1-c1ccsn1. The monoisotopic (exact) mass is 283 g/mol. The molecule has 0 atom stereocenters. The zero-order valence-electron chi connectivity index (χ0n) is 7.48. The quantitative estimate of drug-likeness (QED) is 0.920. The number of rotatable bonds is 2. The van der Waals surface area contributed by atoms with Gasteiger partial charge in [-0.25, -0.2) is 4.79 Å². The molecule has 1 aromatic carbocycles. The van der Waals surface area contributed by atoms with E-state index in [4.69, 9.17) is 5.11 Å². The summed E-state index contributed by atoms with van der Waals surface area (Å²) in [4.78, 5) is 11.0. The van der Waals surface area contributed by atoms with E-state index in [9.17, 15) is 4.79 Å². The predicted molar refractivity (Wildman–Crippen MR) is 62.2 cm³/mol. The van der Waals surface area contributed by atoms with Crippen molar-refractivity contribution >= 4 is 33.4 Å². The lowest BCUT2D eigenvalue weighted by Gasteiger charge is -2.03. The molecule has 15 heavy (non-hydrogen) atoms. The third-order valence-electron chi connectivity index (χ3n) is 1.93. The maximum Gasteiger partial charge on any atom is 0.336 e. The van der Waals surface area contributed by atoms with Gasteiger partial charge in [-0.2, -0.15) is 4.37 Å². The molecule has 1 N–H and O–H groups in total. The first-order valence-electron chi connectivity index (χ1n) is 4.12. The molecule has 0 bridgehead atoms. The molecule has 0 radical (unpaired) electrons. The molecule has 3 nitrogen and oxygen atoms in total. The van der Waals surface area contributed by atoms with Gasteiger partial charge in [0, 0.05) is 15.4 Å². The Morgan fingerprint density at radius 1 is 1.40 bits per heavy atom. The fourth-order valence-corrected chi connectivity index (χ4v) is 2.15. The second-order valence-electron chi connectivity index (χ2n) is 2.88. The topological polar surface area (TPSA) is 50.2 Å². The van der Waals surface area contributed by atoms with E-state index < -0.39 is 5.97 Å². The first-order valence-corrected chi connectivity index (χ1v) is 5.75. The highest BCUT2D eigenvalue weighted by Gasteiger charge is 2.13. The van der Waals surface area contributed by atoms with Crippen molar-refractivity contribution < 1.29 is 9.90 Å². The molecular weight excluding hydrogens is 278 g/mol. The summed E-state index contributed by atoms with van der Waals surface area (Å²) in [5, 5.41) is 10.9. The number of benzene rings is 1. The highest BCUT2D eigenvalue weighted by atomic mass is 79.9. The van der Waals surface area contributed by atoms with E-state index in [0.29, 0.717) is 11.3 Å². The summed E-state index contributed by atoms with van der Waals surface area (Å²) < 4.78 is 4.87. The van der Waals surface area contributed by atoms with Gasteiger partial charge in [0.05, 0.1) is 11.3 Å². The average Bonchev–Trinajstić information content (AvgIpc) is 2.70. The van der Waals surface area contributed by atoms with E-state index in [0.717, 1.165) is 4.47 Å². The first kappa shape index (κ1) is 10.3. The number of carboxylic acid groups (broad SMARTS) is 1. The Balaban J connectivity index is 2.61. The molecule has 0 aliphatic heterocycles. The van der Waals surface area contributed by atoms with Crippen molar-refractivity contribution in [3.63, 3.8) is 0 Å². The molecule has 5 heteroatoms. The fraction of sp³-hybridized carbons (Fsp3) is 0. The number of carboxylic acids is 1. The average molecular weight is 284 g/mol. The van der Waals surface area contributed by atoms with E-state index >= 15 is 0 Å². The van der Waals surface area contributed by atoms with Crippen molar-refractivity contribution in [1.29, 1.82) is 0 Å². The number of aromatic nitrogens is 1. The molecule has 76 valence electrons. The molecule has 2 aromatic rings. The van der Waals surface area contributed by atoms with Crippen LogP contribution in [-0.4, -0.2) is 15.4 Å². The Labute approximate surface area is 98.7 Å². The van der Waals surface area contributed by atoms with Gasteiger partial charge in [-0.1, -0.05) is 22.0 Å². The van der Waals surface area contributed by atoms with E-state index in [1.807, 2.05) is 5.38 Å². The molecule has 0 aliphatic carbocycles. The largest absolute Gasteiger partial charge is 0.478 e. The van der Waals surface area contributed by atoms with Crippen molar-refractivity contribution in [3.8, 4) is 11.3 Å². The fourth-order valence-electron chi connectivity index (χ4n) is 1.27. The number of aromatic carboxylic acids is 1. The van der Waals surface area contributed by atoms with Crippen LogP contribution < -0.4 is 0 Å². The molecule has 0 saturated heterocycles. The van der Waals surface area contributed by atoms with Crippen LogP contribution in [0.3, 0.4) is 0 Å². The number of hydrogen-bond donors (Lipinski definition) is 1. The van der Waals surface area contributed by atoms with Gasteiger partial charge >= 0.3 is 5.97 Å². The predicted octanol–water partition coefficient (Wildman–Crippen LogP) is 3.27. The van der Waals surface area contributed by atoms with E-state index in [2.05, 4.69) is 20.3 Å². The van der Waals surface area contributed by atoms with Gasteiger partial charge in [-0.05, 0) is 29.7 Å². The Hall–Kier alpha value is -1.20. The van der Waals surface area contributed by atoms with Gasteiger partial charge < -0.3 is 5.11 Å². The minimum absolute atomic E-state index is 0.260. The molecule has 0 unspecified atom stereocenters. The molecule has 1 heterocycles. The van der Waals surface area contributed by atoms with Gasteiger partial charge in [0.2, 0.25) is 0 Å². The third kappa shape index (κ3) is 2.08. The number of nitrogens with zero attached hydrogens (tertiary/aromatic N) is 1. The minimum Gasteiger partial charge on any atom is -0.478 e. The van der Waals surface area contributed by atoms with Gasteiger partial charge in [-0.3, -0.25) is 0 Å². The lowest BCUT2D eigenvalue weighted by atomic mass is 10.1. The highest BCUT2D eigenvalue weighted by Crippen LogP contribution is 2.26. The summed E-state index contributed by atoms with van der Waals surface area (Å²) in [5.41, 5.74) is 1.60. The lowest BCUT2D eigenvalue weighted by molar-refractivity contribution is 0.0697. The van der Waals surface area contributed by atoms with E-state index in [-0.39, 0.29) is 5.56 Å². The number of halogens is 1. The summed E-state index contributed by atoms with van der Waals surface area (Å²) in [6, 6.07) is 6.95. The van der Waals surface area contributed by atoms with Crippen LogP contribution in [0.25, 0.3) is 11.3 Å². The van der Waals surface area contributed by atoms with Crippen LogP contribution in [0.5, 0.6) is 0 Å². The van der Waals surface area contributed by atoms with Crippen LogP contribution >= 0.6 is 27.5 Å². The normalized spacial score (nSPS) is 10.2. The van der Waals surface area contributed by atoms with Crippen LogP contribution in [0, 0.1) is 0 Å². The summed E-state index contributed by atoms with van der Waals surface area (Å²) in [7, 11) is 0. The van der Waals surface area contributed by atoms with Crippen LogP contribution in [0.2, 0.25) is 0 Å². The Bertz CT molecular complexity index is 496. The molecular formula is C10H6BrNO2S. The van der Waals surface area contributed by atoms with Crippen LogP contribution in [0.1, 0.15) is 10.4 Å². The van der Waals surface area contributed by atoms with Crippen molar-refractivity contribution in [2.45, 2.75) is 0 Å². The number of carbonyl (C=O) groups is 1. The van der Waals surface area contributed by atoms with Crippen molar-refractivity contribution in [3.05, 3.63) is 39.7 Å². The minimum atomic E-state index is -0.945.